The Labute approximate surface area is 101 Å². The predicted octanol–water partition coefficient (Wildman–Crippen LogP) is 1.83. The first-order valence-corrected chi connectivity index (χ1v) is 5.17. The Balaban J connectivity index is 0.000000437. The number of ether oxygens (including phenoxy) is 1. The van der Waals surface area contributed by atoms with Crippen LogP contribution >= 0.6 is 0 Å². The van der Waals surface area contributed by atoms with Gasteiger partial charge >= 0.3 is 5.97 Å². The Kier molecular flexibility index (Phi) is 7.10. The molecule has 0 fully saturated rings. The fourth-order valence-electron chi connectivity index (χ4n) is 1.01. The van der Waals surface area contributed by atoms with Crippen molar-refractivity contribution in [3.63, 3.8) is 0 Å². The number of rotatable bonds is 3. The molecule has 2 N–H and O–H groups in total. The molecule has 0 spiro atoms. The lowest BCUT2D eigenvalue weighted by atomic mass is 10.1. The highest BCUT2D eigenvalue weighted by Gasteiger charge is 2.07. The lowest BCUT2D eigenvalue weighted by Gasteiger charge is -2.03. The van der Waals surface area contributed by atoms with Gasteiger partial charge in [0.05, 0.1) is 12.2 Å². The van der Waals surface area contributed by atoms with Crippen molar-refractivity contribution in [3.8, 4) is 0 Å². The van der Waals surface area contributed by atoms with Gasteiger partial charge in [0.15, 0.2) is 0 Å². The number of nitrogens with two attached hydrogens (primary N) is 1. The molecule has 1 rings (SSSR count). The highest BCUT2D eigenvalue weighted by Crippen LogP contribution is 2.07. The van der Waals surface area contributed by atoms with Gasteiger partial charge < -0.3 is 10.5 Å². The molecule has 0 saturated carbocycles. The van der Waals surface area contributed by atoms with Crippen molar-refractivity contribution in [1.82, 2.24) is 0 Å². The molecule has 0 aromatic heterocycles. The molecular weight excluding hydrogens is 218 g/mol. The number of aryl methyl sites for hydroxylation is 1. The molecular formula is C13H17NO3. The lowest BCUT2D eigenvalue weighted by Crippen LogP contribution is -2.05. The fourth-order valence-corrected chi connectivity index (χ4v) is 1.01. The number of carbonyl (C=O) groups is 2. The molecule has 0 heterocycles. The zero-order valence-corrected chi connectivity index (χ0v) is 10.1. The highest BCUT2D eigenvalue weighted by atomic mass is 16.5. The molecule has 1 aromatic rings. The minimum absolute atomic E-state index is 0.240. The van der Waals surface area contributed by atoms with Crippen molar-refractivity contribution in [2.24, 2.45) is 5.73 Å². The Bertz CT molecular complexity index is 399. The normalized spacial score (nSPS) is 8.59. The van der Waals surface area contributed by atoms with Gasteiger partial charge in [0.1, 0.15) is 0 Å². The van der Waals surface area contributed by atoms with Crippen LogP contribution in [-0.2, 0) is 9.53 Å². The van der Waals surface area contributed by atoms with Crippen LogP contribution in [0, 0.1) is 6.92 Å². The third kappa shape index (κ3) is 6.14. The SMILES string of the molecule is C=CC(N)=O.CCOC(=O)c1ccccc1C. The van der Waals surface area contributed by atoms with Gasteiger partial charge in [0.25, 0.3) is 0 Å². The van der Waals surface area contributed by atoms with Gasteiger partial charge in [-0.3, -0.25) is 4.79 Å². The van der Waals surface area contributed by atoms with E-state index in [9.17, 15) is 9.59 Å². The molecule has 4 heteroatoms. The molecule has 0 aliphatic heterocycles. The van der Waals surface area contributed by atoms with Crippen LogP contribution in [0.5, 0.6) is 0 Å². The quantitative estimate of drug-likeness (QED) is 0.642. The van der Waals surface area contributed by atoms with Gasteiger partial charge in [-0.25, -0.2) is 4.79 Å². The zero-order valence-electron chi connectivity index (χ0n) is 10.1. The maximum Gasteiger partial charge on any atom is 0.338 e. The van der Waals surface area contributed by atoms with E-state index in [4.69, 9.17) is 4.74 Å². The van der Waals surface area contributed by atoms with Gasteiger partial charge in [0.2, 0.25) is 5.91 Å². The Hall–Kier alpha value is -2.10. The molecule has 92 valence electrons. The first-order chi connectivity index (χ1) is 8.02. The van der Waals surface area contributed by atoms with Gasteiger partial charge in [-0.05, 0) is 31.6 Å². The Morgan fingerprint density at radius 1 is 1.41 bits per heavy atom. The topological polar surface area (TPSA) is 69.4 Å². The number of hydrogen-bond acceptors (Lipinski definition) is 3. The van der Waals surface area contributed by atoms with E-state index in [0.717, 1.165) is 11.6 Å². The third-order valence-electron chi connectivity index (χ3n) is 1.84. The van der Waals surface area contributed by atoms with E-state index >= 15 is 0 Å². The molecule has 0 aliphatic carbocycles. The van der Waals surface area contributed by atoms with E-state index in [2.05, 4.69) is 12.3 Å². The largest absolute Gasteiger partial charge is 0.462 e. The molecule has 0 saturated heterocycles. The van der Waals surface area contributed by atoms with Crippen molar-refractivity contribution in [2.75, 3.05) is 6.61 Å². The Morgan fingerprint density at radius 2 is 1.94 bits per heavy atom. The summed E-state index contributed by atoms with van der Waals surface area (Å²) in [6.45, 7) is 7.21. The predicted molar refractivity (Wildman–Crippen MR) is 66.5 cm³/mol. The summed E-state index contributed by atoms with van der Waals surface area (Å²) in [5, 5.41) is 0. The van der Waals surface area contributed by atoms with Gasteiger partial charge in [0, 0.05) is 0 Å². The molecule has 0 radical (unpaired) electrons. The van der Waals surface area contributed by atoms with E-state index in [0.29, 0.717) is 12.2 Å². The summed E-state index contributed by atoms with van der Waals surface area (Å²) in [7, 11) is 0. The zero-order chi connectivity index (χ0) is 13.3. The van der Waals surface area contributed by atoms with E-state index in [1.54, 1.807) is 13.0 Å². The second-order valence-corrected chi connectivity index (χ2v) is 3.14. The maximum absolute atomic E-state index is 11.2. The summed E-state index contributed by atoms with van der Waals surface area (Å²) in [4.78, 5) is 20.7. The van der Waals surface area contributed by atoms with Gasteiger partial charge in [-0.2, -0.15) is 0 Å². The molecule has 1 amide bonds. The number of amides is 1. The van der Waals surface area contributed by atoms with Crippen LogP contribution in [-0.4, -0.2) is 18.5 Å². The van der Waals surface area contributed by atoms with E-state index < -0.39 is 5.91 Å². The summed E-state index contributed by atoms with van der Waals surface area (Å²) < 4.78 is 4.87. The maximum atomic E-state index is 11.2. The lowest BCUT2D eigenvalue weighted by molar-refractivity contribution is -0.113. The average molecular weight is 235 g/mol. The Morgan fingerprint density at radius 3 is 2.35 bits per heavy atom. The van der Waals surface area contributed by atoms with Gasteiger partial charge in [-0.1, -0.05) is 24.8 Å². The van der Waals surface area contributed by atoms with Crippen molar-refractivity contribution < 1.29 is 14.3 Å². The van der Waals surface area contributed by atoms with Crippen molar-refractivity contribution in [3.05, 3.63) is 48.0 Å². The molecule has 1 aromatic carbocycles. The van der Waals surface area contributed by atoms with E-state index in [1.165, 1.54) is 0 Å². The van der Waals surface area contributed by atoms with Crippen molar-refractivity contribution in [1.29, 1.82) is 0 Å². The number of primary amides is 1. The first-order valence-electron chi connectivity index (χ1n) is 5.17. The molecule has 0 atom stereocenters. The van der Waals surface area contributed by atoms with Crippen molar-refractivity contribution in [2.45, 2.75) is 13.8 Å². The van der Waals surface area contributed by atoms with Gasteiger partial charge in [-0.15, -0.1) is 0 Å². The average Bonchev–Trinajstić information content (AvgIpc) is 2.30. The summed E-state index contributed by atoms with van der Waals surface area (Å²) >= 11 is 0. The van der Waals surface area contributed by atoms with Crippen LogP contribution in [0.3, 0.4) is 0 Å². The fraction of sp³-hybridized carbons (Fsp3) is 0.231. The minimum atomic E-state index is -0.481. The summed E-state index contributed by atoms with van der Waals surface area (Å²) in [6, 6.07) is 7.40. The standard InChI is InChI=1S/C10H12O2.C3H5NO/c1-3-12-10(11)9-7-5-4-6-8(9)2;1-2-3(4)5/h4-7H,3H2,1-2H3;2H,1H2,(H2,4,5). The number of benzene rings is 1. The number of hydrogen-bond donors (Lipinski definition) is 1. The third-order valence-corrected chi connectivity index (χ3v) is 1.84. The molecule has 0 aliphatic rings. The highest BCUT2D eigenvalue weighted by molar-refractivity contribution is 5.90. The van der Waals surface area contributed by atoms with Crippen molar-refractivity contribution >= 4 is 11.9 Å². The van der Waals surface area contributed by atoms with Crippen LogP contribution in [0.2, 0.25) is 0 Å². The van der Waals surface area contributed by atoms with Crippen LogP contribution in [0.1, 0.15) is 22.8 Å². The second-order valence-electron chi connectivity index (χ2n) is 3.14. The smallest absolute Gasteiger partial charge is 0.338 e. The summed E-state index contributed by atoms with van der Waals surface area (Å²) in [5.74, 6) is -0.722. The molecule has 0 unspecified atom stereocenters. The van der Waals surface area contributed by atoms with Crippen LogP contribution < -0.4 is 5.73 Å². The number of carbonyl (C=O) groups excluding carboxylic acids is 2. The molecule has 17 heavy (non-hydrogen) atoms. The summed E-state index contributed by atoms with van der Waals surface area (Å²) in [6.07, 6.45) is 1.06. The van der Waals surface area contributed by atoms with Crippen LogP contribution in [0.4, 0.5) is 0 Å². The second kappa shape index (κ2) is 8.10. The first kappa shape index (κ1) is 14.9. The van der Waals surface area contributed by atoms with Crippen LogP contribution in [0.15, 0.2) is 36.9 Å². The number of esters is 1. The monoisotopic (exact) mass is 235 g/mol. The van der Waals surface area contributed by atoms with Crippen LogP contribution in [0.25, 0.3) is 0 Å². The molecule has 4 nitrogen and oxygen atoms in total. The minimum Gasteiger partial charge on any atom is -0.462 e. The summed E-state index contributed by atoms with van der Waals surface area (Å²) in [5.41, 5.74) is 6.14. The van der Waals surface area contributed by atoms with E-state index in [1.807, 2.05) is 25.1 Å². The van der Waals surface area contributed by atoms with E-state index in [-0.39, 0.29) is 5.97 Å². The molecule has 0 bridgehead atoms.